The second-order valence-corrected chi connectivity index (χ2v) is 4.00. The SMILES string of the molecule is Cc1cc(NC(=O)c2ocnc2C(C)C)no1. The summed E-state index contributed by atoms with van der Waals surface area (Å²) in [6.07, 6.45) is 1.26. The van der Waals surface area contributed by atoms with Crippen LogP contribution >= 0.6 is 0 Å². The molecule has 0 bridgehead atoms. The smallest absolute Gasteiger partial charge is 0.294 e. The molecule has 0 radical (unpaired) electrons. The third-order valence-electron chi connectivity index (χ3n) is 2.22. The molecular weight excluding hydrogens is 222 g/mol. The van der Waals surface area contributed by atoms with Gasteiger partial charge in [-0.3, -0.25) is 4.79 Å². The Morgan fingerprint density at radius 1 is 1.47 bits per heavy atom. The van der Waals surface area contributed by atoms with E-state index in [0.29, 0.717) is 17.3 Å². The normalized spacial score (nSPS) is 10.8. The molecule has 6 heteroatoms. The number of hydrogen-bond donors (Lipinski definition) is 1. The van der Waals surface area contributed by atoms with Crippen molar-refractivity contribution in [3.05, 3.63) is 29.7 Å². The summed E-state index contributed by atoms with van der Waals surface area (Å²) >= 11 is 0. The van der Waals surface area contributed by atoms with Gasteiger partial charge in [0.2, 0.25) is 5.76 Å². The van der Waals surface area contributed by atoms with E-state index < -0.39 is 0 Å². The molecule has 0 fully saturated rings. The second-order valence-electron chi connectivity index (χ2n) is 4.00. The van der Waals surface area contributed by atoms with E-state index in [1.807, 2.05) is 13.8 Å². The van der Waals surface area contributed by atoms with E-state index in [-0.39, 0.29) is 17.6 Å². The Kier molecular flexibility index (Phi) is 2.95. The molecule has 0 spiro atoms. The first-order valence-electron chi connectivity index (χ1n) is 5.26. The molecule has 2 rings (SSSR count). The first kappa shape index (κ1) is 11.4. The quantitative estimate of drug-likeness (QED) is 0.883. The summed E-state index contributed by atoms with van der Waals surface area (Å²) in [6.45, 7) is 5.63. The average Bonchev–Trinajstić information content (AvgIpc) is 2.86. The molecule has 0 aliphatic heterocycles. The van der Waals surface area contributed by atoms with Gasteiger partial charge in [0.1, 0.15) is 5.76 Å². The van der Waals surface area contributed by atoms with Crippen LogP contribution in [0.25, 0.3) is 0 Å². The lowest BCUT2D eigenvalue weighted by Crippen LogP contribution is -2.13. The Hall–Kier alpha value is -2.11. The van der Waals surface area contributed by atoms with Crippen molar-refractivity contribution in [1.82, 2.24) is 10.1 Å². The fraction of sp³-hybridized carbons (Fsp3) is 0.364. The number of hydrogen-bond acceptors (Lipinski definition) is 5. The van der Waals surface area contributed by atoms with E-state index in [2.05, 4.69) is 15.5 Å². The Labute approximate surface area is 98.0 Å². The molecule has 17 heavy (non-hydrogen) atoms. The van der Waals surface area contributed by atoms with Crippen LogP contribution in [0.3, 0.4) is 0 Å². The Morgan fingerprint density at radius 3 is 2.82 bits per heavy atom. The minimum Gasteiger partial charge on any atom is -0.438 e. The van der Waals surface area contributed by atoms with Crippen molar-refractivity contribution < 1.29 is 13.7 Å². The zero-order valence-corrected chi connectivity index (χ0v) is 9.85. The van der Waals surface area contributed by atoms with E-state index in [9.17, 15) is 4.79 Å². The van der Waals surface area contributed by atoms with Gasteiger partial charge in [-0.15, -0.1) is 0 Å². The number of anilines is 1. The highest BCUT2D eigenvalue weighted by Gasteiger charge is 2.20. The van der Waals surface area contributed by atoms with Gasteiger partial charge in [0.25, 0.3) is 5.91 Å². The molecule has 1 amide bonds. The molecule has 1 N–H and O–H groups in total. The van der Waals surface area contributed by atoms with Gasteiger partial charge in [0.05, 0.1) is 5.69 Å². The molecule has 2 aromatic heterocycles. The van der Waals surface area contributed by atoms with E-state index in [4.69, 9.17) is 8.94 Å². The third kappa shape index (κ3) is 2.35. The van der Waals surface area contributed by atoms with Gasteiger partial charge in [-0.1, -0.05) is 19.0 Å². The molecule has 0 saturated heterocycles. The minimum absolute atomic E-state index is 0.119. The van der Waals surface area contributed by atoms with Gasteiger partial charge in [0, 0.05) is 6.07 Å². The maximum absolute atomic E-state index is 11.9. The summed E-state index contributed by atoms with van der Waals surface area (Å²) in [5.41, 5.74) is 0.628. The predicted molar refractivity (Wildman–Crippen MR) is 59.8 cm³/mol. The predicted octanol–water partition coefficient (Wildman–Crippen LogP) is 2.35. The summed E-state index contributed by atoms with van der Waals surface area (Å²) in [7, 11) is 0. The third-order valence-corrected chi connectivity index (χ3v) is 2.22. The zero-order chi connectivity index (χ0) is 12.4. The second kappa shape index (κ2) is 4.40. The van der Waals surface area contributed by atoms with E-state index in [1.165, 1.54) is 6.39 Å². The number of nitrogens with one attached hydrogen (secondary N) is 1. The van der Waals surface area contributed by atoms with Crippen molar-refractivity contribution in [2.75, 3.05) is 5.32 Å². The lowest BCUT2D eigenvalue weighted by Gasteiger charge is -2.02. The molecule has 2 aromatic rings. The molecular formula is C11H13N3O3. The number of carbonyl (C=O) groups excluding carboxylic acids is 1. The minimum atomic E-state index is -0.375. The number of rotatable bonds is 3. The maximum Gasteiger partial charge on any atom is 0.294 e. The van der Waals surface area contributed by atoms with Crippen LogP contribution in [0.1, 0.15) is 41.8 Å². The van der Waals surface area contributed by atoms with Crippen molar-refractivity contribution in [3.8, 4) is 0 Å². The van der Waals surface area contributed by atoms with Crippen LogP contribution in [0.15, 0.2) is 21.4 Å². The van der Waals surface area contributed by atoms with Crippen LogP contribution in [-0.2, 0) is 0 Å². The van der Waals surface area contributed by atoms with Gasteiger partial charge in [0.15, 0.2) is 12.2 Å². The Bertz CT molecular complexity index is 528. The summed E-state index contributed by atoms with van der Waals surface area (Å²) in [5.74, 6) is 0.939. The van der Waals surface area contributed by atoms with Crippen molar-refractivity contribution >= 4 is 11.7 Å². The fourth-order valence-corrected chi connectivity index (χ4v) is 1.43. The zero-order valence-electron chi connectivity index (χ0n) is 9.85. The molecule has 0 unspecified atom stereocenters. The first-order chi connectivity index (χ1) is 8.08. The topological polar surface area (TPSA) is 81.2 Å². The largest absolute Gasteiger partial charge is 0.438 e. The molecule has 0 aliphatic carbocycles. The van der Waals surface area contributed by atoms with E-state index in [1.54, 1.807) is 13.0 Å². The fourth-order valence-electron chi connectivity index (χ4n) is 1.43. The van der Waals surface area contributed by atoms with E-state index in [0.717, 1.165) is 0 Å². The number of nitrogens with zero attached hydrogens (tertiary/aromatic N) is 2. The maximum atomic E-state index is 11.9. The summed E-state index contributed by atoms with van der Waals surface area (Å²) in [6, 6.07) is 1.63. The van der Waals surface area contributed by atoms with Crippen molar-refractivity contribution in [2.45, 2.75) is 26.7 Å². The highest BCUT2D eigenvalue weighted by atomic mass is 16.5. The van der Waals surface area contributed by atoms with Gasteiger partial charge in [-0.25, -0.2) is 4.98 Å². The lowest BCUT2D eigenvalue weighted by molar-refractivity contribution is 0.0994. The van der Waals surface area contributed by atoms with Gasteiger partial charge >= 0.3 is 0 Å². The molecule has 0 saturated carbocycles. The molecule has 6 nitrogen and oxygen atoms in total. The van der Waals surface area contributed by atoms with Crippen LogP contribution in [0, 0.1) is 6.92 Å². The molecule has 0 atom stereocenters. The van der Waals surface area contributed by atoms with E-state index >= 15 is 0 Å². The van der Waals surface area contributed by atoms with Crippen LogP contribution < -0.4 is 5.32 Å². The summed E-state index contributed by atoms with van der Waals surface area (Å²) in [5, 5.41) is 6.25. The molecule has 90 valence electrons. The molecule has 0 aliphatic rings. The van der Waals surface area contributed by atoms with Crippen LogP contribution in [0.5, 0.6) is 0 Å². The number of amides is 1. The monoisotopic (exact) mass is 235 g/mol. The van der Waals surface area contributed by atoms with Gasteiger partial charge in [-0.2, -0.15) is 0 Å². The first-order valence-corrected chi connectivity index (χ1v) is 5.26. The van der Waals surface area contributed by atoms with Crippen LogP contribution in [0.4, 0.5) is 5.82 Å². The molecule has 0 aromatic carbocycles. The number of carbonyl (C=O) groups is 1. The summed E-state index contributed by atoms with van der Waals surface area (Å²) < 4.78 is 9.93. The number of aromatic nitrogens is 2. The Balaban J connectivity index is 2.17. The van der Waals surface area contributed by atoms with Gasteiger partial charge in [-0.05, 0) is 12.8 Å². The van der Waals surface area contributed by atoms with Crippen LogP contribution in [-0.4, -0.2) is 16.0 Å². The summed E-state index contributed by atoms with van der Waals surface area (Å²) in [4.78, 5) is 15.9. The van der Waals surface area contributed by atoms with Crippen molar-refractivity contribution in [3.63, 3.8) is 0 Å². The number of oxazole rings is 1. The van der Waals surface area contributed by atoms with Crippen LogP contribution in [0.2, 0.25) is 0 Å². The van der Waals surface area contributed by atoms with Gasteiger partial charge < -0.3 is 14.3 Å². The standard InChI is InChI=1S/C11H13N3O3/c1-6(2)9-10(16-5-12-9)11(15)13-8-4-7(3)17-14-8/h4-6H,1-3H3,(H,13,14,15). The van der Waals surface area contributed by atoms with Crippen molar-refractivity contribution in [1.29, 1.82) is 0 Å². The average molecular weight is 235 g/mol. The highest BCUT2D eigenvalue weighted by Crippen LogP contribution is 2.18. The van der Waals surface area contributed by atoms with Crippen molar-refractivity contribution in [2.24, 2.45) is 0 Å². The number of aryl methyl sites for hydroxylation is 1. The lowest BCUT2D eigenvalue weighted by atomic mass is 10.1. The molecule has 2 heterocycles. The Morgan fingerprint density at radius 2 is 2.24 bits per heavy atom. The highest BCUT2D eigenvalue weighted by molar-refractivity contribution is 6.02.